The van der Waals surface area contributed by atoms with Gasteiger partial charge in [0, 0.05) is 15.9 Å². The van der Waals surface area contributed by atoms with Crippen molar-refractivity contribution in [2.75, 3.05) is 0 Å². The highest BCUT2D eigenvalue weighted by molar-refractivity contribution is 6.31. The van der Waals surface area contributed by atoms with Gasteiger partial charge >= 0.3 is 0 Å². The van der Waals surface area contributed by atoms with Crippen molar-refractivity contribution in [2.24, 2.45) is 5.10 Å². The van der Waals surface area contributed by atoms with Crippen LogP contribution in [0.2, 0.25) is 5.02 Å². The maximum absolute atomic E-state index is 12.1. The molecule has 22 heavy (non-hydrogen) atoms. The quantitative estimate of drug-likeness (QED) is 0.559. The van der Waals surface area contributed by atoms with Crippen LogP contribution in [0.15, 0.2) is 53.6 Å². The molecule has 1 aromatic heterocycles. The van der Waals surface area contributed by atoms with E-state index in [1.54, 1.807) is 24.4 Å². The summed E-state index contributed by atoms with van der Waals surface area (Å²) in [4.78, 5) is 15.1. The molecule has 0 atom stereocenters. The number of nitrogens with one attached hydrogen (secondary N) is 2. The molecule has 1 amide bonds. The number of hydrazone groups is 1. The van der Waals surface area contributed by atoms with E-state index in [9.17, 15) is 4.79 Å². The van der Waals surface area contributed by atoms with Gasteiger partial charge in [-0.05, 0) is 42.3 Å². The SMILES string of the molecule is Cc1ccccc1/C=N/NC(=O)c1cc2cc(Cl)ccc2[nH]1. The van der Waals surface area contributed by atoms with Gasteiger partial charge < -0.3 is 4.98 Å². The van der Waals surface area contributed by atoms with E-state index in [1.807, 2.05) is 37.3 Å². The number of fused-ring (bicyclic) bond motifs is 1. The van der Waals surface area contributed by atoms with Gasteiger partial charge in [-0.3, -0.25) is 4.79 Å². The lowest BCUT2D eigenvalue weighted by atomic mass is 10.1. The Morgan fingerprint density at radius 3 is 2.86 bits per heavy atom. The van der Waals surface area contributed by atoms with Gasteiger partial charge in [-0.2, -0.15) is 5.10 Å². The highest BCUT2D eigenvalue weighted by Gasteiger charge is 2.08. The van der Waals surface area contributed by atoms with Crippen molar-refractivity contribution in [3.63, 3.8) is 0 Å². The summed E-state index contributed by atoms with van der Waals surface area (Å²) in [5, 5.41) is 5.52. The van der Waals surface area contributed by atoms with Gasteiger partial charge in [0.15, 0.2) is 0 Å². The first kappa shape index (κ1) is 14.4. The molecule has 3 aromatic rings. The summed E-state index contributed by atoms with van der Waals surface area (Å²) in [7, 11) is 0. The number of carbonyl (C=O) groups is 1. The van der Waals surface area contributed by atoms with Crippen LogP contribution in [-0.4, -0.2) is 17.1 Å². The molecule has 3 rings (SSSR count). The number of carbonyl (C=O) groups excluding carboxylic acids is 1. The minimum Gasteiger partial charge on any atom is -0.350 e. The lowest BCUT2D eigenvalue weighted by Crippen LogP contribution is -2.17. The number of halogens is 1. The Bertz CT molecular complexity index is 867. The Morgan fingerprint density at radius 2 is 2.05 bits per heavy atom. The topological polar surface area (TPSA) is 57.2 Å². The van der Waals surface area contributed by atoms with Crippen molar-refractivity contribution in [1.82, 2.24) is 10.4 Å². The number of benzene rings is 2. The molecule has 1 heterocycles. The maximum atomic E-state index is 12.1. The largest absolute Gasteiger partial charge is 0.350 e. The summed E-state index contributed by atoms with van der Waals surface area (Å²) in [5.41, 5.74) is 5.88. The van der Waals surface area contributed by atoms with Gasteiger partial charge in [-0.15, -0.1) is 0 Å². The van der Waals surface area contributed by atoms with Crippen molar-refractivity contribution in [3.05, 3.63) is 70.4 Å². The molecule has 2 N–H and O–H groups in total. The van der Waals surface area contributed by atoms with Crippen molar-refractivity contribution in [3.8, 4) is 0 Å². The van der Waals surface area contributed by atoms with E-state index in [-0.39, 0.29) is 5.91 Å². The molecule has 110 valence electrons. The molecule has 2 aromatic carbocycles. The Morgan fingerprint density at radius 1 is 1.23 bits per heavy atom. The summed E-state index contributed by atoms with van der Waals surface area (Å²) in [6.07, 6.45) is 1.63. The van der Waals surface area contributed by atoms with Crippen molar-refractivity contribution < 1.29 is 4.79 Å². The first-order chi connectivity index (χ1) is 10.6. The predicted octanol–water partition coefficient (Wildman–Crippen LogP) is 3.89. The van der Waals surface area contributed by atoms with Gasteiger partial charge in [0.1, 0.15) is 5.69 Å². The summed E-state index contributed by atoms with van der Waals surface area (Å²) in [6.45, 7) is 1.99. The minimum absolute atomic E-state index is 0.294. The molecule has 4 nitrogen and oxygen atoms in total. The van der Waals surface area contributed by atoms with E-state index in [0.29, 0.717) is 10.7 Å². The highest BCUT2D eigenvalue weighted by atomic mass is 35.5. The molecule has 0 saturated heterocycles. The molecule has 0 saturated carbocycles. The predicted molar refractivity (Wildman–Crippen MR) is 89.5 cm³/mol. The molecular weight excluding hydrogens is 298 g/mol. The number of aryl methyl sites for hydroxylation is 1. The van der Waals surface area contributed by atoms with Crippen LogP contribution >= 0.6 is 11.6 Å². The fourth-order valence-corrected chi connectivity index (χ4v) is 2.36. The number of hydrogen-bond donors (Lipinski definition) is 2. The van der Waals surface area contributed by atoms with Crippen LogP contribution in [0.1, 0.15) is 21.6 Å². The second kappa shape index (κ2) is 6.03. The van der Waals surface area contributed by atoms with Crippen LogP contribution < -0.4 is 5.43 Å². The number of aromatic nitrogens is 1. The Labute approximate surface area is 132 Å². The summed E-state index contributed by atoms with van der Waals surface area (Å²) in [5.74, 6) is -0.294. The summed E-state index contributed by atoms with van der Waals surface area (Å²) in [6, 6.07) is 15.0. The molecule has 0 fully saturated rings. The summed E-state index contributed by atoms with van der Waals surface area (Å²) < 4.78 is 0. The van der Waals surface area contributed by atoms with Crippen LogP contribution in [0.4, 0.5) is 0 Å². The molecule has 0 aliphatic carbocycles. The van der Waals surface area contributed by atoms with Crippen LogP contribution in [0.5, 0.6) is 0 Å². The van der Waals surface area contributed by atoms with Gasteiger partial charge in [0.05, 0.1) is 6.21 Å². The highest BCUT2D eigenvalue weighted by Crippen LogP contribution is 2.20. The zero-order chi connectivity index (χ0) is 15.5. The van der Waals surface area contributed by atoms with Crippen molar-refractivity contribution in [2.45, 2.75) is 6.92 Å². The number of hydrogen-bond acceptors (Lipinski definition) is 2. The molecule has 0 radical (unpaired) electrons. The normalized spacial score (nSPS) is 11.2. The molecule has 0 bridgehead atoms. The average Bonchev–Trinajstić information content (AvgIpc) is 2.92. The first-order valence-corrected chi connectivity index (χ1v) is 7.18. The monoisotopic (exact) mass is 311 g/mol. The third-order valence-corrected chi connectivity index (χ3v) is 3.62. The van der Waals surface area contributed by atoms with Crippen molar-refractivity contribution in [1.29, 1.82) is 0 Å². The van der Waals surface area contributed by atoms with E-state index in [1.165, 1.54) is 0 Å². The standard InChI is InChI=1S/C17H14ClN3O/c1-11-4-2-3-5-12(11)10-19-21-17(22)16-9-13-8-14(18)6-7-15(13)20-16/h2-10,20H,1H3,(H,21,22)/b19-10+. The third kappa shape index (κ3) is 3.02. The van der Waals surface area contributed by atoms with Gasteiger partial charge in [-0.1, -0.05) is 35.9 Å². The second-order valence-corrected chi connectivity index (χ2v) is 5.41. The van der Waals surface area contributed by atoms with Gasteiger partial charge in [-0.25, -0.2) is 5.43 Å². The number of rotatable bonds is 3. The van der Waals surface area contributed by atoms with E-state index >= 15 is 0 Å². The van der Waals surface area contributed by atoms with Crippen LogP contribution in [0.3, 0.4) is 0 Å². The van der Waals surface area contributed by atoms with E-state index in [0.717, 1.165) is 22.0 Å². The van der Waals surface area contributed by atoms with Gasteiger partial charge in [0.2, 0.25) is 0 Å². The van der Waals surface area contributed by atoms with Gasteiger partial charge in [0.25, 0.3) is 5.91 Å². The van der Waals surface area contributed by atoms with Crippen LogP contribution in [0, 0.1) is 6.92 Å². The summed E-state index contributed by atoms with van der Waals surface area (Å²) >= 11 is 5.94. The maximum Gasteiger partial charge on any atom is 0.287 e. The van der Waals surface area contributed by atoms with E-state index in [4.69, 9.17) is 11.6 Å². The number of H-pyrrole nitrogens is 1. The zero-order valence-corrected chi connectivity index (χ0v) is 12.7. The smallest absolute Gasteiger partial charge is 0.287 e. The molecule has 5 heteroatoms. The van der Waals surface area contributed by atoms with E-state index in [2.05, 4.69) is 15.5 Å². The minimum atomic E-state index is -0.294. The number of amides is 1. The Kier molecular flexibility index (Phi) is 3.94. The Hall–Kier alpha value is -2.59. The third-order valence-electron chi connectivity index (χ3n) is 3.39. The fourth-order valence-electron chi connectivity index (χ4n) is 2.18. The van der Waals surface area contributed by atoms with Crippen LogP contribution in [0.25, 0.3) is 10.9 Å². The molecule has 0 unspecified atom stereocenters. The average molecular weight is 312 g/mol. The molecule has 0 aliphatic rings. The van der Waals surface area contributed by atoms with Crippen LogP contribution in [-0.2, 0) is 0 Å². The Balaban J connectivity index is 1.75. The van der Waals surface area contributed by atoms with Crippen molar-refractivity contribution >= 4 is 34.6 Å². The van der Waals surface area contributed by atoms with E-state index < -0.39 is 0 Å². The number of nitrogens with zero attached hydrogens (tertiary/aromatic N) is 1. The molecular formula is C17H14ClN3O. The molecule has 0 aliphatic heterocycles. The number of aromatic amines is 1. The zero-order valence-electron chi connectivity index (χ0n) is 11.9. The second-order valence-electron chi connectivity index (χ2n) is 4.97. The molecule has 0 spiro atoms. The lowest BCUT2D eigenvalue weighted by Gasteiger charge is -1.99. The first-order valence-electron chi connectivity index (χ1n) is 6.81. The lowest BCUT2D eigenvalue weighted by molar-refractivity contribution is 0.0951. The fraction of sp³-hybridized carbons (Fsp3) is 0.0588.